The van der Waals surface area contributed by atoms with Crippen LogP contribution in [0.4, 0.5) is 0 Å². The molecule has 0 aromatic carbocycles. The van der Waals surface area contributed by atoms with E-state index in [2.05, 4.69) is 13.8 Å². The zero-order valence-corrected chi connectivity index (χ0v) is 9.72. The first-order valence-corrected chi connectivity index (χ1v) is 6.30. The summed E-state index contributed by atoms with van der Waals surface area (Å²) >= 11 is 0. The van der Waals surface area contributed by atoms with Crippen LogP contribution in [0.2, 0.25) is 0 Å². The molecule has 0 saturated heterocycles. The highest BCUT2D eigenvalue weighted by atomic mass is 16.1. The number of carbonyl (C=O) groups is 1. The Morgan fingerprint density at radius 1 is 1.29 bits per heavy atom. The zero-order chi connectivity index (χ0) is 10.4. The summed E-state index contributed by atoms with van der Waals surface area (Å²) < 4.78 is 0. The molecule has 1 fully saturated rings. The van der Waals surface area contributed by atoms with Crippen LogP contribution in [-0.4, -0.2) is 5.78 Å². The molecule has 1 rings (SSSR count). The van der Waals surface area contributed by atoms with Crippen LogP contribution in [-0.2, 0) is 4.79 Å². The second kappa shape index (κ2) is 6.21. The summed E-state index contributed by atoms with van der Waals surface area (Å²) in [7, 11) is 0. The van der Waals surface area contributed by atoms with Gasteiger partial charge in [-0.25, -0.2) is 0 Å². The number of ketones is 1. The van der Waals surface area contributed by atoms with Gasteiger partial charge in [0, 0.05) is 12.3 Å². The maximum Gasteiger partial charge on any atom is 0.135 e. The highest BCUT2D eigenvalue weighted by Crippen LogP contribution is 2.27. The second-order valence-corrected chi connectivity index (χ2v) is 4.67. The molecule has 1 unspecified atom stereocenters. The van der Waals surface area contributed by atoms with Gasteiger partial charge in [0.1, 0.15) is 5.78 Å². The minimum absolute atomic E-state index is 0.421. The van der Waals surface area contributed by atoms with Gasteiger partial charge in [0.2, 0.25) is 0 Å². The molecule has 1 saturated carbocycles. The molecule has 0 spiro atoms. The predicted octanol–water partition coefficient (Wildman–Crippen LogP) is 3.96. The van der Waals surface area contributed by atoms with Crippen molar-refractivity contribution >= 4 is 5.78 Å². The first kappa shape index (κ1) is 11.7. The van der Waals surface area contributed by atoms with Crippen LogP contribution in [0.25, 0.3) is 0 Å². The van der Waals surface area contributed by atoms with Crippen LogP contribution in [0.1, 0.15) is 65.2 Å². The summed E-state index contributed by atoms with van der Waals surface area (Å²) in [6.07, 6.45) is 9.41. The maximum absolute atomic E-state index is 11.6. The Labute approximate surface area is 88.3 Å². The van der Waals surface area contributed by atoms with Crippen molar-refractivity contribution in [2.75, 3.05) is 0 Å². The van der Waals surface area contributed by atoms with Crippen molar-refractivity contribution in [3.05, 3.63) is 0 Å². The van der Waals surface area contributed by atoms with Crippen molar-refractivity contribution < 1.29 is 4.79 Å². The first-order valence-electron chi connectivity index (χ1n) is 6.30. The normalized spacial score (nSPS) is 23.1. The summed E-state index contributed by atoms with van der Waals surface area (Å²) in [5.74, 6) is 1.82. The Kier molecular flexibility index (Phi) is 5.21. The van der Waals surface area contributed by atoms with Crippen molar-refractivity contribution in [2.24, 2.45) is 11.8 Å². The van der Waals surface area contributed by atoms with Crippen molar-refractivity contribution in [3.63, 3.8) is 0 Å². The van der Waals surface area contributed by atoms with E-state index >= 15 is 0 Å². The highest BCUT2D eigenvalue weighted by molar-refractivity contribution is 5.81. The summed E-state index contributed by atoms with van der Waals surface area (Å²) in [6.45, 7) is 4.52. The number of Topliss-reactive ketones (excluding diaryl/α,β-unsaturated/α-hetero) is 1. The Balaban J connectivity index is 2.25. The van der Waals surface area contributed by atoms with Crippen LogP contribution < -0.4 is 0 Å². The monoisotopic (exact) mass is 196 g/mol. The molecular formula is C13H24O. The van der Waals surface area contributed by atoms with Gasteiger partial charge in [-0.3, -0.25) is 4.79 Å². The topological polar surface area (TPSA) is 17.1 Å². The summed E-state index contributed by atoms with van der Waals surface area (Å²) in [5.41, 5.74) is 0. The smallest absolute Gasteiger partial charge is 0.135 e. The van der Waals surface area contributed by atoms with Gasteiger partial charge < -0.3 is 0 Å². The fourth-order valence-electron chi connectivity index (χ4n) is 2.49. The van der Waals surface area contributed by atoms with Crippen LogP contribution in [0.3, 0.4) is 0 Å². The van der Waals surface area contributed by atoms with Gasteiger partial charge in [0.05, 0.1) is 0 Å². The lowest BCUT2D eigenvalue weighted by Gasteiger charge is -2.22. The van der Waals surface area contributed by atoms with Gasteiger partial charge in [-0.1, -0.05) is 33.1 Å². The molecule has 0 radical (unpaired) electrons. The number of hydrogen-bond donors (Lipinski definition) is 0. The molecule has 0 N–H and O–H groups in total. The van der Waals surface area contributed by atoms with Crippen molar-refractivity contribution in [2.45, 2.75) is 65.2 Å². The molecule has 1 heteroatoms. The van der Waals surface area contributed by atoms with Gasteiger partial charge >= 0.3 is 0 Å². The Bertz CT molecular complexity index is 170. The van der Waals surface area contributed by atoms with E-state index in [0.717, 1.165) is 25.2 Å². The molecule has 1 atom stereocenters. The van der Waals surface area contributed by atoms with E-state index in [-0.39, 0.29) is 0 Å². The minimum Gasteiger partial charge on any atom is -0.299 e. The maximum atomic E-state index is 11.6. The average Bonchev–Trinajstić information content (AvgIpc) is 2.22. The Hall–Kier alpha value is -0.330. The van der Waals surface area contributed by atoms with E-state index < -0.39 is 0 Å². The fraction of sp³-hybridized carbons (Fsp3) is 0.923. The van der Waals surface area contributed by atoms with Crippen molar-refractivity contribution in [3.8, 4) is 0 Å². The third-order valence-electron chi connectivity index (χ3n) is 3.76. The molecule has 0 amide bonds. The lowest BCUT2D eigenvalue weighted by Crippen LogP contribution is -2.19. The van der Waals surface area contributed by atoms with Gasteiger partial charge in [0.15, 0.2) is 0 Å². The van der Waals surface area contributed by atoms with E-state index in [0.29, 0.717) is 11.7 Å². The van der Waals surface area contributed by atoms with E-state index in [9.17, 15) is 4.79 Å². The number of carbonyl (C=O) groups excluding carboxylic acids is 1. The summed E-state index contributed by atoms with van der Waals surface area (Å²) in [5, 5.41) is 0. The van der Waals surface area contributed by atoms with E-state index in [1.807, 2.05) is 0 Å². The van der Waals surface area contributed by atoms with Crippen LogP contribution in [0, 0.1) is 11.8 Å². The molecule has 0 aromatic rings. The number of hydrogen-bond acceptors (Lipinski definition) is 1. The van der Waals surface area contributed by atoms with Crippen molar-refractivity contribution in [1.29, 1.82) is 0 Å². The molecule has 1 nitrogen and oxygen atoms in total. The van der Waals surface area contributed by atoms with E-state index in [1.165, 1.54) is 32.1 Å². The van der Waals surface area contributed by atoms with E-state index in [1.54, 1.807) is 0 Å². The lowest BCUT2D eigenvalue weighted by atomic mass is 9.82. The molecule has 0 bridgehead atoms. The molecule has 0 aromatic heterocycles. The van der Waals surface area contributed by atoms with Crippen molar-refractivity contribution in [1.82, 2.24) is 0 Å². The van der Waals surface area contributed by atoms with Gasteiger partial charge in [-0.05, 0) is 31.6 Å². The fourth-order valence-corrected chi connectivity index (χ4v) is 2.49. The summed E-state index contributed by atoms with van der Waals surface area (Å²) in [6, 6.07) is 0. The van der Waals surface area contributed by atoms with Crippen LogP contribution in [0.15, 0.2) is 0 Å². The molecule has 1 aliphatic carbocycles. The number of rotatable bonds is 5. The zero-order valence-electron chi connectivity index (χ0n) is 9.72. The van der Waals surface area contributed by atoms with Gasteiger partial charge in [-0.2, -0.15) is 0 Å². The largest absolute Gasteiger partial charge is 0.299 e. The van der Waals surface area contributed by atoms with Gasteiger partial charge in [0.25, 0.3) is 0 Å². The lowest BCUT2D eigenvalue weighted by molar-refractivity contribution is -0.124. The minimum atomic E-state index is 0.421. The van der Waals surface area contributed by atoms with Crippen LogP contribution in [0.5, 0.6) is 0 Å². The standard InChI is InChI=1S/C13H24O/c1-3-11(4-2)9-10-12-7-5-6-8-13(12)14/h11-12H,3-10H2,1-2H3. The highest BCUT2D eigenvalue weighted by Gasteiger charge is 2.22. The molecule has 14 heavy (non-hydrogen) atoms. The molecular weight excluding hydrogens is 172 g/mol. The van der Waals surface area contributed by atoms with Crippen LogP contribution >= 0.6 is 0 Å². The molecule has 0 heterocycles. The summed E-state index contributed by atoms with van der Waals surface area (Å²) in [4.78, 5) is 11.6. The van der Waals surface area contributed by atoms with Gasteiger partial charge in [-0.15, -0.1) is 0 Å². The SMILES string of the molecule is CCC(CC)CCC1CCCCC1=O. The third kappa shape index (κ3) is 3.43. The molecule has 1 aliphatic rings. The Morgan fingerprint density at radius 2 is 2.00 bits per heavy atom. The molecule has 82 valence electrons. The molecule has 0 aliphatic heterocycles. The first-order chi connectivity index (χ1) is 6.77. The second-order valence-electron chi connectivity index (χ2n) is 4.67. The Morgan fingerprint density at radius 3 is 2.57 bits per heavy atom. The quantitative estimate of drug-likeness (QED) is 0.650. The average molecular weight is 196 g/mol. The van der Waals surface area contributed by atoms with E-state index in [4.69, 9.17) is 0 Å². The predicted molar refractivity (Wildman–Crippen MR) is 60.3 cm³/mol. The third-order valence-corrected chi connectivity index (χ3v) is 3.76.